The summed E-state index contributed by atoms with van der Waals surface area (Å²) >= 11 is 0. The molecule has 0 spiro atoms. The average Bonchev–Trinajstić information content (AvgIpc) is 3.10. The second-order valence-electron chi connectivity index (χ2n) is 6.07. The van der Waals surface area contributed by atoms with Gasteiger partial charge in [0.25, 0.3) is 5.56 Å². The highest BCUT2D eigenvalue weighted by Crippen LogP contribution is 2.32. The van der Waals surface area contributed by atoms with E-state index in [1.807, 2.05) is 0 Å². The lowest BCUT2D eigenvalue weighted by Gasteiger charge is -2.16. The molecular weight excluding hydrogens is 337 g/mol. The highest BCUT2D eigenvalue weighted by molar-refractivity contribution is 5.91. The zero-order valence-electron chi connectivity index (χ0n) is 13.5. The van der Waals surface area contributed by atoms with Gasteiger partial charge in [-0.15, -0.1) is 0 Å². The summed E-state index contributed by atoms with van der Waals surface area (Å²) in [7, 11) is 0. The van der Waals surface area contributed by atoms with Crippen LogP contribution in [-0.2, 0) is 9.53 Å². The molecular formula is C14H18FN5O5. The minimum atomic E-state index is -1.80. The molecule has 25 heavy (non-hydrogen) atoms. The number of carbonyl (C=O) groups excluding carboxylic acids is 1. The number of aromatic amines is 1. The van der Waals surface area contributed by atoms with E-state index in [1.165, 1.54) is 10.9 Å². The van der Waals surface area contributed by atoms with Gasteiger partial charge in [-0.2, -0.15) is 4.98 Å². The van der Waals surface area contributed by atoms with E-state index < -0.39 is 36.8 Å². The predicted molar refractivity (Wildman–Crippen MR) is 83.5 cm³/mol. The Labute approximate surface area is 140 Å². The Kier molecular flexibility index (Phi) is 4.54. The molecule has 1 aliphatic rings. The van der Waals surface area contributed by atoms with Crippen molar-refractivity contribution in [2.24, 2.45) is 5.92 Å². The molecule has 11 heteroatoms. The van der Waals surface area contributed by atoms with E-state index in [4.69, 9.17) is 9.84 Å². The number of hydrogen-bond acceptors (Lipinski definition) is 7. The zero-order chi connectivity index (χ0) is 18.3. The predicted octanol–water partition coefficient (Wildman–Crippen LogP) is -0.697. The molecule has 1 saturated heterocycles. The molecule has 0 aromatic carbocycles. The molecule has 3 rings (SSSR count). The number of aliphatic hydroxyl groups is 2. The van der Waals surface area contributed by atoms with Gasteiger partial charge >= 0.3 is 0 Å². The number of aromatic nitrogens is 4. The van der Waals surface area contributed by atoms with E-state index >= 15 is 0 Å². The number of hydrogen-bond donors (Lipinski definition) is 4. The number of anilines is 1. The maximum atomic E-state index is 13.9. The molecule has 10 nitrogen and oxygen atoms in total. The van der Waals surface area contributed by atoms with Gasteiger partial charge in [0.05, 0.1) is 12.9 Å². The van der Waals surface area contributed by atoms with Gasteiger partial charge in [-0.25, -0.2) is 9.37 Å². The number of imidazole rings is 1. The second kappa shape index (κ2) is 6.50. The molecule has 0 saturated carbocycles. The SMILES string of the molecule is CC(C)C(=O)Nc1nc2c(ncn2[C@@H]2O[C@H](CO)[C@H](F)C2O)c(=O)[nH]1. The van der Waals surface area contributed by atoms with Crippen LogP contribution < -0.4 is 10.9 Å². The summed E-state index contributed by atoms with van der Waals surface area (Å²) in [5.41, 5.74) is -0.648. The quantitative estimate of drug-likeness (QED) is 0.568. The molecule has 1 amide bonds. The molecule has 0 radical (unpaired) electrons. The normalized spacial score (nSPS) is 26.5. The smallest absolute Gasteiger partial charge is 0.280 e. The van der Waals surface area contributed by atoms with Crippen molar-refractivity contribution in [1.82, 2.24) is 19.5 Å². The fourth-order valence-corrected chi connectivity index (χ4v) is 2.52. The van der Waals surface area contributed by atoms with Gasteiger partial charge < -0.3 is 14.9 Å². The average molecular weight is 355 g/mol. The Hall–Kier alpha value is -2.37. The van der Waals surface area contributed by atoms with Crippen molar-refractivity contribution in [3.63, 3.8) is 0 Å². The van der Waals surface area contributed by atoms with E-state index in [0.29, 0.717) is 0 Å². The lowest BCUT2D eigenvalue weighted by Crippen LogP contribution is -2.29. The summed E-state index contributed by atoms with van der Waals surface area (Å²) in [6.07, 6.45) is -4.58. The van der Waals surface area contributed by atoms with Gasteiger partial charge in [0.2, 0.25) is 11.9 Å². The van der Waals surface area contributed by atoms with Crippen LogP contribution in [0.1, 0.15) is 20.1 Å². The highest BCUT2D eigenvalue weighted by atomic mass is 19.1. The number of H-pyrrole nitrogens is 1. The standard InChI is InChI=1S/C14H18FN5O5/c1-5(2)11(23)18-14-17-10-8(12(24)19-14)16-4-20(10)13-9(22)7(15)6(3-21)25-13/h4-7,9,13,21-22H,3H2,1-2H3,(H2,17,18,19,23,24)/t6-,7+,9?,13-/m1/s1. The lowest BCUT2D eigenvalue weighted by molar-refractivity contribution is -0.118. The molecule has 2 aromatic heterocycles. The van der Waals surface area contributed by atoms with Crippen molar-refractivity contribution < 1.29 is 24.1 Å². The van der Waals surface area contributed by atoms with Crippen molar-refractivity contribution in [3.05, 3.63) is 16.7 Å². The molecule has 3 heterocycles. The summed E-state index contributed by atoms with van der Waals surface area (Å²) in [5.74, 6) is -0.778. The van der Waals surface area contributed by atoms with Gasteiger partial charge in [-0.1, -0.05) is 13.8 Å². The van der Waals surface area contributed by atoms with Crippen molar-refractivity contribution >= 4 is 23.0 Å². The van der Waals surface area contributed by atoms with Gasteiger partial charge in [0, 0.05) is 5.92 Å². The minimum absolute atomic E-state index is 0.0117. The lowest BCUT2D eigenvalue weighted by atomic mass is 10.1. The molecule has 2 aromatic rings. The topological polar surface area (TPSA) is 142 Å². The summed E-state index contributed by atoms with van der Waals surface area (Å²) in [4.78, 5) is 34.3. The number of alkyl halides is 1. The van der Waals surface area contributed by atoms with Crippen molar-refractivity contribution in [3.8, 4) is 0 Å². The first-order valence-corrected chi connectivity index (χ1v) is 7.69. The number of ether oxygens (including phenoxy) is 1. The fourth-order valence-electron chi connectivity index (χ4n) is 2.52. The van der Waals surface area contributed by atoms with Gasteiger partial charge in [0.15, 0.2) is 23.6 Å². The third-order valence-electron chi connectivity index (χ3n) is 3.94. The summed E-state index contributed by atoms with van der Waals surface area (Å²) < 4.78 is 20.4. The molecule has 4 N–H and O–H groups in total. The third kappa shape index (κ3) is 3.01. The van der Waals surface area contributed by atoms with Crippen LogP contribution in [0.25, 0.3) is 11.2 Å². The second-order valence-corrected chi connectivity index (χ2v) is 6.07. The summed E-state index contributed by atoms with van der Waals surface area (Å²) in [5, 5.41) is 21.6. The van der Waals surface area contributed by atoms with E-state index in [-0.39, 0.29) is 28.9 Å². The van der Waals surface area contributed by atoms with E-state index in [1.54, 1.807) is 13.8 Å². The Balaban J connectivity index is 2.01. The van der Waals surface area contributed by atoms with Crippen LogP contribution in [-0.4, -0.2) is 60.6 Å². The number of halogens is 1. The van der Waals surface area contributed by atoms with E-state index in [0.717, 1.165) is 0 Å². The number of nitrogens with one attached hydrogen (secondary N) is 2. The number of nitrogens with zero attached hydrogens (tertiary/aromatic N) is 3. The van der Waals surface area contributed by atoms with Crippen LogP contribution in [0.2, 0.25) is 0 Å². The van der Waals surface area contributed by atoms with Crippen LogP contribution >= 0.6 is 0 Å². The number of rotatable bonds is 4. The highest BCUT2D eigenvalue weighted by Gasteiger charge is 2.45. The molecule has 0 aliphatic carbocycles. The van der Waals surface area contributed by atoms with Crippen LogP contribution in [0.3, 0.4) is 0 Å². The number of fused-ring (bicyclic) bond motifs is 1. The maximum absolute atomic E-state index is 13.9. The molecule has 1 fully saturated rings. The minimum Gasteiger partial charge on any atom is -0.394 e. The summed E-state index contributed by atoms with van der Waals surface area (Å²) in [6.45, 7) is 2.75. The van der Waals surface area contributed by atoms with Crippen molar-refractivity contribution in [2.75, 3.05) is 11.9 Å². The first-order chi connectivity index (χ1) is 11.8. The summed E-state index contributed by atoms with van der Waals surface area (Å²) in [6, 6.07) is 0. The Morgan fingerprint density at radius 2 is 2.28 bits per heavy atom. The van der Waals surface area contributed by atoms with Gasteiger partial charge in [-0.3, -0.25) is 24.5 Å². The van der Waals surface area contributed by atoms with Crippen molar-refractivity contribution in [2.45, 2.75) is 38.5 Å². The van der Waals surface area contributed by atoms with Crippen LogP contribution in [0, 0.1) is 5.92 Å². The van der Waals surface area contributed by atoms with Gasteiger partial charge in [0.1, 0.15) is 12.2 Å². The maximum Gasteiger partial charge on any atom is 0.280 e. The molecule has 1 aliphatic heterocycles. The number of aliphatic hydroxyl groups excluding tert-OH is 2. The van der Waals surface area contributed by atoms with Crippen LogP contribution in [0.4, 0.5) is 10.3 Å². The van der Waals surface area contributed by atoms with E-state index in [9.17, 15) is 19.1 Å². The first-order valence-electron chi connectivity index (χ1n) is 7.69. The third-order valence-corrected chi connectivity index (χ3v) is 3.94. The Morgan fingerprint density at radius 3 is 2.88 bits per heavy atom. The number of carbonyl (C=O) groups is 1. The number of amides is 1. The van der Waals surface area contributed by atoms with Crippen molar-refractivity contribution in [1.29, 1.82) is 0 Å². The molecule has 4 atom stereocenters. The largest absolute Gasteiger partial charge is 0.394 e. The van der Waals surface area contributed by atoms with Crippen LogP contribution in [0.15, 0.2) is 11.1 Å². The van der Waals surface area contributed by atoms with Crippen LogP contribution in [0.5, 0.6) is 0 Å². The Bertz CT molecular complexity index is 850. The Morgan fingerprint density at radius 1 is 1.56 bits per heavy atom. The molecule has 0 bridgehead atoms. The van der Waals surface area contributed by atoms with Gasteiger partial charge in [-0.05, 0) is 0 Å². The molecule has 1 unspecified atom stereocenters. The fraction of sp³-hybridized carbons (Fsp3) is 0.571. The monoisotopic (exact) mass is 355 g/mol. The zero-order valence-corrected chi connectivity index (χ0v) is 13.5. The van der Waals surface area contributed by atoms with E-state index in [2.05, 4.69) is 20.3 Å². The first kappa shape index (κ1) is 17.5. The molecule has 136 valence electrons.